The van der Waals surface area contributed by atoms with Gasteiger partial charge in [0.25, 0.3) is 0 Å². The standard InChI is InChI=1S/C49H82O10/c1-3-5-7-9-11-13-15-17-19-20-21-22-24-26-28-30-32-34-36-38-45(52)58-42(41-57-49-48(55)47(54)46(53)43(39-50)59-49)40-56-44(51)37-35-33-31-29-27-25-23-18-16-14-12-10-8-6-4-2/h5,7,11,13,17,19,21-22,26,28,32,34,42-43,46-50,53-55H,3-4,6,8-10,12,14-16,18,20,23-25,27,29-31,33,35-41H2,1-2H3/b7-5-,13-11-,19-17-,22-21-,28-26-,34-32-. The monoisotopic (exact) mass is 831 g/mol. The van der Waals surface area contributed by atoms with E-state index >= 15 is 0 Å². The second-order valence-electron chi connectivity index (χ2n) is 15.5. The van der Waals surface area contributed by atoms with Crippen molar-refractivity contribution in [2.45, 2.75) is 205 Å². The van der Waals surface area contributed by atoms with Crippen LogP contribution in [0.3, 0.4) is 0 Å². The predicted molar refractivity (Wildman–Crippen MR) is 238 cm³/mol. The fourth-order valence-corrected chi connectivity index (χ4v) is 6.51. The third-order valence-electron chi connectivity index (χ3n) is 10.1. The molecule has 6 atom stereocenters. The summed E-state index contributed by atoms with van der Waals surface area (Å²) in [5, 5.41) is 40.1. The molecule has 0 radical (unpaired) electrons. The van der Waals surface area contributed by atoms with Crippen LogP contribution in [0.1, 0.15) is 168 Å². The number of esters is 2. The van der Waals surface area contributed by atoms with E-state index in [9.17, 15) is 30.0 Å². The van der Waals surface area contributed by atoms with E-state index in [2.05, 4.69) is 74.6 Å². The van der Waals surface area contributed by atoms with E-state index < -0.39 is 55.4 Å². The molecule has 6 unspecified atom stereocenters. The molecule has 0 amide bonds. The number of unbranched alkanes of at least 4 members (excludes halogenated alkanes) is 14. The summed E-state index contributed by atoms with van der Waals surface area (Å²) in [5.41, 5.74) is 0. The molecule has 0 aromatic carbocycles. The summed E-state index contributed by atoms with van der Waals surface area (Å²) in [4.78, 5) is 25.3. The molecule has 10 nitrogen and oxygen atoms in total. The first-order valence-electron chi connectivity index (χ1n) is 23.0. The highest BCUT2D eigenvalue weighted by Gasteiger charge is 2.44. The summed E-state index contributed by atoms with van der Waals surface area (Å²) >= 11 is 0. The average molecular weight is 831 g/mol. The molecule has 0 aromatic rings. The first kappa shape index (κ1) is 54.2. The lowest BCUT2D eigenvalue weighted by Gasteiger charge is -2.39. The van der Waals surface area contributed by atoms with Crippen LogP contribution in [0.2, 0.25) is 0 Å². The van der Waals surface area contributed by atoms with Crippen molar-refractivity contribution in [3.05, 3.63) is 72.9 Å². The molecule has 1 heterocycles. The minimum atomic E-state index is -1.61. The Balaban J connectivity index is 2.38. The van der Waals surface area contributed by atoms with Crippen LogP contribution < -0.4 is 0 Å². The lowest BCUT2D eigenvalue weighted by Crippen LogP contribution is -2.59. The molecule has 1 aliphatic rings. The Morgan fingerprint density at radius 1 is 0.542 bits per heavy atom. The number of hydrogen-bond donors (Lipinski definition) is 4. The molecule has 338 valence electrons. The summed E-state index contributed by atoms with van der Waals surface area (Å²) in [6, 6.07) is 0. The van der Waals surface area contributed by atoms with Crippen molar-refractivity contribution >= 4 is 11.9 Å². The first-order chi connectivity index (χ1) is 28.8. The highest BCUT2D eigenvalue weighted by molar-refractivity contribution is 5.70. The largest absolute Gasteiger partial charge is 0.462 e. The van der Waals surface area contributed by atoms with Gasteiger partial charge in [0.2, 0.25) is 0 Å². The topological polar surface area (TPSA) is 152 Å². The molecule has 0 saturated carbocycles. The molecule has 59 heavy (non-hydrogen) atoms. The van der Waals surface area contributed by atoms with Gasteiger partial charge in [-0.15, -0.1) is 0 Å². The van der Waals surface area contributed by atoms with Crippen LogP contribution in [0, 0.1) is 0 Å². The van der Waals surface area contributed by atoms with E-state index in [1.165, 1.54) is 70.6 Å². The number of hydrogen-bond acceptors (Lipinski definition) is 10. The van der Waals surface area contributed by atoms with Crippen LogP contribution in [0.4, 0.5) is 0 Å². The van der Waals surface area contributed by atoms with Crippen LogP contribution in [0.15, 0.2) is 72.9 Å². The van der Waals surface area contributed by atoms with E-state index in [1.54, 1.807) is 0 Å². The number of ether oxygens (including phenoxy) is 4. The van der Waals surface area contributed by atoms with Gasteiger partial charge in [0.1, 0.15) is 31.0 Å². The maximum absolute atomic E-state index is 12.7. The van der Waals surface area contributed by atoms with E-state index in [4.69, 9.17) is 18.9 Å². The molecule has 0 bridgehead atoms. The number of rotatable bonds is 37. The fraction of sp³-hybridized carbons (Fsp3) is 0.714. The summed E-state index contributed by atoms with van der Waals surface area (Å²) < 4.78 is 22.1. The van der Waals surface area contributed by atoms with Crippen LogP contribution in [-0.2, 0) is 28.5 Å². The SMILES string of the molecule is CC/C=C\C/C=C\C/C=C\C/C=C\C/C=C\C/C=C\CCC(=O)OC(COC(=O)CCCCCCCCCCCCCCCCC)COC1OC(CO)C(O)C(O)C1O. The number of aliphatic hydroxyl groups excluding tert-OH is 4. The van der Waals surface area contributed by atoms with Gasteiger partial charge < -0.3 is 39.4 Å². The Kier molecular flexibility index (Phi) is 36.1. The van der Waals surface area contributed by atoms with Crippen LogP contribution in [0.25, 0.3) is 0 Å². The van der Waals surface area contributed by atoms with E-state index in [-0.39, 0.29) is 26.1 Å². The van der Waals surface area contributed by atoms with Crippen molar-refractivity contribution in [2.24, 2.45) is 0 Å². The second-order valence-corrected chi connectivity index (χ2v) is 15.5. The highest BCUT2D eigenvalue weighted by atomic mass is 16.7. The minimum absolute atomic E-state index is 0.103. The molecule has 1 rings (SSSR count). The lowest BCUT2D eigenvalue weighted by atomic mass is 9.99. The van der Waals surface area contributed by atoms with Gasteiger partial charge in [-0.3, -0.25) is 9.59 Å². The normalized spacial score (nSPS) is 20.7. The molecular formula is C49H82O10. The van der Waals surface area contributed by atoms with Gasteiger partial charge in [-0.1, -0.05) is 177 Å². The predicted octanol–water partition coefficient (Wildman–Crippen LogP) is 10.00. The molecule has 4 N–H and O–H groups in total. The van der Waals surface area contributed by atoms with Crippen molar-refractivity contribution in [1.29, 1.82) is 0 Å². The van der Waals surface area contributed by atoms with Crippen molar-refractivity contribution in [2.75, 3.05) is 19.8 Å². The third-order valence-corrected chi connectivity index (χ3v) is 10.1. The zero-order valence-corrected chi connectivity index (χ0v) is 36.7. The van der Waals surface area contributed by atoms with Crippen molar-refractivity contribution in [3.8, 4) is 0 Å². The van der Waals surface area contributed by atoms with Gasteiger partial charge >= 0.3 is 11.9 Å². The number of carbonyl (C=O) groups excluding carboxylic acids is 2. The molecule has 0 spiro atoms. The summed E-state index contributed by atoms with van der Waals surface area (Å²) in [6.07, 6.45) is 42.0. The van der Waals surface area contributed by atoms with E-state index in [0.29, 0.717) is 12.8 Å². The smallest absolute Gasteiger partial charge is 0.306 e. The van der Waals surface area contributed by atoms with Gasteiger partial charge in [0, 0.05) is 12.8 Å². The van der Waals surface area contributed by atoms with Gasteiger partial charge in [0.15, 0.2) is 12.4 Å². The van der Waals surface area contributed by atoms with Crippen molar-refractivity contribution in [3.63, 3.8) is 0 Å². The minimum Gasteiger partial charge on any atom is -0.462 e. The van der Waals surface area contributed by atoms with Gasteiger partial charge in [-0.2, -0.15) is 0 Å². The maximum Gasteiger partial charge on any atom is 0.306 e. The first-order valence-corrected chi connectivity index (χ1v) is 23.0. The quantitative estimate of drug-likeness (QED) is 0.0271. The number of allylic oxidation sites excluding steroid dienone is 12. The van der Waals surface area contributed by atoms with E-state index in [0.717, 1.165) is 57.8 Å². The molecule has 1 fully saturated rings. The summed E-state index contributed by atoms with van der Waals surface area (Å²) in [6.45, 7) is 3.23. The number of aliphatic hydroxyl groups is 4. The molecule has 1 aliphatic heterocycles. The molecule has 0 aliphatic carbocycles. The zero-order valence-electron chi connectivity index (χ0n) is 36.7. The van der Waals surface area contributed by atoms with Gasteiger partial charge in [-0.25, -0.2) is 0 Å². The Bertz CT molecular complexity index is 1190. The zero-order chi connectivity index (χ0) is 43.0. The Morgan fingerprint density at radius 2 is 1.00 bits per heavy atom. The second kappa shape index (κ2) is 39.3. The van der Waals surface area contributed by atoms with Crippen molar-refractivity contribution in [1.82, 2.24) is 0 Å². The summed E-state index contributed by atoms with van der Waals surface area (Å²) in [5.74, 6) is -0.906. The van der Waals surface area contributed by atoms with Crippen LogP contribution >= 0.6 is 0 Å². The molecule has 10 heteroatoms. The van der Waals surface area contributed by atoms with Gasteiger partial charge in [0.05, 0.1) is 13.2 Å². The Labute approximate surface area is 357 Å². The van der Waals surface area contributed by atoms with Crippen LogP contribution in [0.5, 0.6) is 0 Å². The average Bonchev–Trinajstić information content (AvgIpc) is 3.23. The molecule has 0 aromatic heterocycles. The molecular weight excluding hydrogens is 749 g/mol. The highest BCUT2D eigenvalue weighted by Crippen LogP contribution is 2.22. The fourth-order valence-electron chi connectivity index (χ4n) is 6.51. The Hall–Kier alpha value is -2.86. The number of carbonyl (C=O) groups is 2. The summed E-state index contributed by atoms with van der Waals surface area (Å²) in [7, 11) is 0. The van der Waals surface area contributed by atoms with E-state index in [1.807, 2.05) is 12.2 Å². The third kappa shape index (κ3) is 30.8. The van der Waals surface area contributed by atoms with Gasteiger partial charge in [-0.05, 0) is 51.4 Å². The Morgan fingerprint density at radius 3 is 1.47 bits per heavy atom. The van der Waals surface area contributed by atoms with Crippen molar-refractivity contribution < 1.29 is 49.0 Å². The maximum atomic E-state index is 12.7. The lowest BCUT2D eigenvalue weighted by molar-refractivity contribution is -0.305. The molecule has 1 saturated heterocycles. The van der Waals surface area contributed by atoms with Crippen LogP contribution in [-0.4, -0.2) is 89.0 Å².